The number of hydrogen-bond acceptors (Lipinski definition) is 10. The van der Waals surface area contributed by atoms with Crippen molar-refractivity contribution in [1.82, 2.24) is 58.1 Å². The van der Waals surface area contributed by atoms with Crippen LogP contribution in [0.4, 0.5) is 0 Å². The van der Waals surface area contributed by atoms with Gasteiger partial charge in [0.2, 0.25) is 0 Å². The SMILES string of the molecule is C1=Cc2nc1c(-c1ccc(OCCCCn3ccnc3)cc1)c1ccc([nH]1)c(-c1ccc(OCCCCn3ccnc3)cc1)c1nc(c(-c3ccc(OCCCCn4ccnc4)cc3)c3ccc([nH]3)c2-c2ccc(OCCCCn3ccnc3)cc2)C=C1. The highest BCUT2D eigenvalue weighted by atomic mass is 16.5. The molecule has 0 amide bonds. The van der Waals surface area contributed by atoms with Gasteiger partial charge in [0.25, 0.3) is 0 Å². The Morgan fingerprint density at radius 2 is 0.523 bits per heavy atom. The van der Waals surface area contributed by atoms with Crippen LogP contribution in [0, 0.1) is 0 Å². The van der Waals surface area contributed by atoms with Gasteiger partial charge >= 0.3 is 0 Å². The van der Waals surface area contributed by atoms with Crippen molar-refractivity contribution in [2.24, 2.45) is 0 Å². The van der Waals surface area contributed by atoms with Crippen molar-refractivity contribution in [1.29, 1.82) is 0 Å². The Bertz CT molecular complexity index is 3700. The lowest BCUT2D eigenvalue weighted by Gasteiger charge is -2.10. The molecule has 4 aromatic carbocycles. The second-order valence-corrected chi connectivity index (χ2v) is 22.0. The van der Waals surface area contributed by atoms with E-state index >= 15 is 0 Å². The molecule has 2 aliphatic heterocycles. The fourth-order valence-electron chi connectivity index (χ4n) is 11.3. The summed E-state index contributed by atoms with van der Waals surface area (Å²) in [5.74, 6) is 3.25. The molecule has 0 saturated carbocycles. The van der Waals surface area contributed by atoms with E-state index in [0.717, 1.165) is 190 Å². The maximum absolute atomic E-state index is 6.31. The molecule has 2 aliphatic rings. The van der Waals surface area contributed by atoms with E-state index in [0.29, 0.717) is 26.4 Å². The van der Waals surface area contributed by atoms with Crippen molar-refractivity contribution in [2.45, 2.75) is 77.5 Å². The molecule has 442 valence electrons. The molecule has 0 aliphatic carbocycles. The third kappa shape index (κ3) is 13.9. The van der Waals surface area contributed by atoms with Crippen LogP contribution in [0.15, 0.2) is 196 Å². The molecule has 9 heterocycles. The normalized spacial score (nSPS) is 11.8. The van der Waals surface area contributed by atoms with E-state index in [1.54, 1.807) is 0 Å². The van der Waals surface area contributed by atoms with Gasteiger partial charge in [-0.15, -0.1) is 0 Å². The molecule has 2 N–H and O–H groups in total. The molecule has 7 aromatic heterocycles. The van der Waals surface area contributed by atoms with E-state index in [9.17, 15) is 0 Å². The van der Waals surface area contributed by atoms with Crippen LogP contribution in [0.2, 0.25) is 0 Å². The van der Waals surface area contributed by atoms with Gasteiger partial charge in [-0.2, -0.15) is 0 Å². The summed E-state index contributed by atoms with van der Waals surface area (Å²) < 4.78 is 33.6. The summed E-state index contributed by atoms with van der Waals surface area (Å²) in [5.41, 5.74) is 14.7. The number of hydrogen-bond donors (Lipinski definition) is 2. The number of ether oxygens (including phenoxy) is 4. The van der Waals surface area contributed by atoms with E-state index in [2.05, 4.69) is 194 Å². The van der Waals surface area contributed by atoms with Gasteiger partial charge in [0.05, 0.1) is 74.5 Å². The number of benzene rings is 4. The van der Waals surface area contributed by atoms with Crippen LogP contribution in [0.3, 0.4) is 0 Å². The minimum atomic E-state index is 0.614. The van der Waals surface area contributed by atoms with Gasteiger partial charge < -0.3 is 47.2 Å². The maximum Gasteiger partial charge on any atom is 0.119 e. The average molecular weight is 1170 g/mol. The van der Waals surface area contributed by atoms with Crippen LogP contribution in [0.25, 0.3) is 90.9 Å². The molecule has 0 saturated heterocycles. The molecule has 11 aromatic rings. The van der Waals surface area contributed by atoms with Gasteiger partial charge in [-0.1, -0.05) is 48.5 Å². The Balaban J connectivity index is 0.896. The predicted molar refractivity (Wildman–Crippen MR) is 348 cm³/mol. The third-order valence-corrected chi connectivity index (χ3v) is 15.9. The van der Waals surface area contributed by atoms with Crippen LogP contribution in [-0.4, -0.2) is 84.6 Å². The molecule has 8 bridgehead atoms. The van der Waals surface area contributed by atoms with Crippen LogP contribution >= 0.6 is 0 Å². The molecule has 16 nitrogen and oxygen atoms in total. The number of imidazole rings is 4. The molecule has 13 rings (SSSR count). The lowest BCUT2D eigenvalue weighted by Crippen LogP contribution is -2.01. The summed E-state index contributed by atoms with van der Waals surface area (Å²) in [7, 11) is 0. The monoisotopic (exact) mass is 1170 g/mol. The fourth-order valence-corrected chi connectivity index (χ4v) is 11.3. The Morgan fingerprint density at radius 1 is 0.284 bits per heavy atom. The topological polar surface area (TPSA) is 166 Å². The molecular formula is C72H70N12O4. The number of aromatic nitrogens is 12. The Hall–Kier alpha value is -10.5. The minimum Gasteiger partial charge on any atom is -0.494 e. The highest BCUT2D eigenvalue weighted by molar-refractivity contribution is 6.00. The largest absolute Gasteiger partial charge is 0.494 e. The average Bonchev–Trinajstić information content (AvgIpc) is 3.95. The van der Waals surface area contributed by atoms with Crippen LogP contribution in [-0.2, 0) is 26.2 Å². The lowest BCUT2D eigenvalue weighted by molar-refractivity contribution is 0.303. The first-order chi connectivity index (χ1) is 43.6. The minimum absolute atomic E-state index is 0.614. The van der Waals surface area contributed by atoms with Crippen molar-refractivity contribution in [3.8, 4) is 67.5 Å². The zero-order chi connectivity index (χ0) is 59.1. The number of unbranched alkanes of at least 4 members (excludes halogenated alkanes) is 4. The van der Waals surface area contributed by atoms with Gasteiger partial charge in [0.1, 0.15) is 23.0 Å². The number of nitrogens with one attached hydrogen (secondary N) is 2. The second kappa shape index (κ2) is 27.7. The molecule has 0 atom stereocenters. The van der Waals surface area contributed by atoms with Gasteiger partial charge in [-0.05, 0) is 171 Å². The van der Waals surface area contributed by atoms with E-state index in [1.165, 1.54) is 0 Å². The molecular weight excluding hydrogens is 1100 g/mol. The van der Waals surface area contributed by atoms with Crippen LogP contribution in [0.1, 0.15) is 74.1 Å². The summed E-state index contributed by atoms with van der Waals surface area (Å²) in [6, 6.07) is 42.2. The Labute approximate surface area is 511 Å². The van der Waals surface area contributed by atoms with Crippen LogP contribution < -0.4 is 18.9 Å². The lowest BCUT2D eigenvalue weighted by atomic mass is 10.0. The number of aryl methyl sites for hydroxylation is 4. The first-order valence-corrected chi connectivity index (χ1v) is 30.5. The van der Waals surface area contributed by atoms with E-state index < -0.39 is 0 Å². The third-order valence-electron chi connectivity index (χ3n) is 15.9. The highest BCUT2D eigenvalue weighted by Crippen LogP contribution is 2.40. The second-order valence-electron chi connectivity index (χ2n) is 22.0. The standard InChI is InChI=1S/C72H70N12O4/c1(37-81-41-33-73-49-81)5-45-85-57-17-9-53(10-18-57)69-61-25-27-63(77-61)70(54-11-19-58(20-12-54)86-46-6-2-38-82-42-34-74-50-82)65-29-31-67(79-65)72(56-15-23-60(24-16-56)88-48-8-4-40-84-44-36-76-52-84)68-32-30-66(80-68)71(64-28-26-62(69)78-64)55-13-21-59(22-14-55)87-47-7-3-39-83-43-35-75-51-83/h9-36,41-44,49-52,77,80H,1-8,37-40,45-48H2. The first-order valence-electron chi connectivity index (χ1n) is 30.5. The van der Waals surface area contributed by atoms with Gasteiger partial charge in [-0.25, -0.2) is 29.9 Å². The summed E-state index contributed by atoms with van der Waals surface area (Å²) in [4.78, 5) is 35.7. The number of H-pyrrole nitrogens is 2. The van der Waals surface area contributed by atoms with Gasteiger partial charge in [-0.3, -0.25) is 0 Å². The van der Waals surface area contributed by atoms with Crippen molar-refractivity contribution in [3.05, 3.63) is 219 Å². The summed E-state index contributed by atoms with van der Waals surface area (Å²) in [5, 5.41) is 0. The highest BCUT2D eigenvalue weighted by Gasteiger charge is 2.20. The molecule has 88 heavy (non-hydrogen) atoms. The van der Waals surface area contributed by atoms with Crippen molar-refractivity contribution >= 4 is 46.4 Å². The summed E-state index contributed by atoms with van der Waals surface area (Å²) in [6.07, 6.45) is 38.8. The smallest absolute Gasteiger partial charge is 0.119 e. The fraction of sp³-hybridized carbons (Fsp3) is 0.222. The van der Waals surface area contributed by atoms with Crippen molar-refractivity contribution < 1.29 is 18.9 Å². The summed E-state index contributed by atoms with van der Waals surface area (Å²) in [6.45, 7) is 6.08. The number of aromatic amines is 2. The molecule has 0 unspecified atom stereocenters. The zero-order valence-corrected chi connectivity index (χ0v) is 49.2. The van der Waals surface area contributed by atoms with Gasteiger partial charge in [0, 0.05) is 120 Å². The van der Waals surface area contributed by atoms with E-state index in [4.69, 9.17) is 28.9 Å². The van der Waals surface area contributed by atoms with Crippen LogP contribution in [0.5, 0.6) is 23.0 Å². The molecule has 0 radical (unpaired) electrons. The predicted octanol–water partition coefficient (Wildman–Crippen LogP) is 15.5. The van der Waals surface area contributed by atoms with E-state index in [-0.39, 0.29) is 0 Å². The van der Waals surface area contributed by atoms with Crippen molar-refractivity contribution in [3.63, 3.8) is 0 Å². The zero-order valence-electron chi connectivity index (χ0n) is 49.2. The van der Waals surface area contributed by atoms with E-state index in [1.807, 2.05) is 74.9 Å². The number of nitrogens with zero attached hydrogens (tertiary/aromatic N) is 10. The molecule has 0 spiro atoms. The summed E-state index contributed by atoms with van der Waals surface area (Å²) >= 11 is 0. The number of fused-ring (bicyclic) bond motifs is 8. The maximum atomic E-state index is 6.31. The Morgan fingerprint density at radius 3 is 0.739 bits per heavy atom. The molecule has 0 fully saturated rings. The first kappa shape index (κ1) is 56.6. The quantitative estimate of drug-likeness (QED) is 0.0451. The number of rotatable bonds is 28. The van der Waals surface area contributed by atoms with Crippen molar-refractivity contribution in [2.75, 3.05) is 26.4 Å². The molecule has 16 heteroatoms. The Kier molecular flexibility index (Phi) is 17.8. The van der Waals surface area contributed by atoms with Gasteiger partial charge in [0.15, 0.2) is 0 Å².